The van der Waals surface area contributed by atoms with Crippen molar-refractivity contribution in [1.29, 1.82) is 0 Å². The Balaban J connectivity index is 0.00000243. The second-order valence-corrected chi connectivity index (χ2v) is 6.60. The van der Waals surface area contributed by atoms with E-state index in [-0.39, 0.29) is 47.5 Å². The van der Waals surface area contributed by atoms with E-state index in [1.165, 1.54) is 19.2 Å². The number of amides is 2. The molecule has 0 radical (unpaired) electrons. The average molecular weight is 386 g/mol. The molecule has 1 aromatic carbocycles. The molecule has 2 fully saturated rings. The highest BCUT2D eigenvalue weighted by atomic mass is 35.5. The minimum atomic E-state index is -0.574. The summed E-state index contributed by atoms with van der Waals surface area (Å²) >= 11 is 0. The second-order valence-electron chi connectivity index (χ2n) is 6.60. The largest absolute Gasteiger partial charge is 0.496 e. The zero-order valence-corrected chi connectivity index (χ0v) is 15.6. The van der Waals surface area contributed by atoms with Crippen LogP contribution in [0.4, 0.5) is 4.39 Å². The number of nitrogens with zero attached hydrogens (tertiary/aromatic N) is 2. The minimum Gasteiger partial charge on any atom is -0.496 e. The zero-order chi connectivity index (χ0) is 18.0. The highest BCUT2D eigenvalue weighted by Gasteiger charge is 2.40. The smallest absolute Gasteiger partial charge is 0.260 e. The summed E-state index contributed by atoms with van der Waals surface area (Å²) in [6, 6.07) is 4.50. The number of hydrogen-bond acceptors (Lipinski definition) is 4. The molecule has 2 amide bonds. The number of nitrogens with two attached hydrogens (primary N) is 1. The maximum absolute atomic E-state index is 14.2. The molecular weight excluding hydrogens is 361 g/mol. The molecule has 144 valence electrons. The highest BCUT2D eigenvalue weighted by molar-refractivity contribution is 5.97. The Morgan fingerprint density at radius 3 is 2.85 bits per heavy atom. The molecule has 0 bridgehead atoms. The number of benzene rings is 1. The minimum absolute atomic E-state index is 0. The molecule has 0 aliphatic carbocycles. The van der Waals surface area contributed by atoms with Crippen LogP contribution in [0.3, 0.4) is 0 Å². The van der Waals surface area contributed by atoms with Crippen molar-refractivity contribution in [3.05, 3.63) is 29.6 Å². The van der Waals surface area contributed by atoms with Gasteiger partial charge in [0.05, 0.1) is 7.11 Å². The van der Waals surface area contributed by atoms with Gasteiger partial charge in [-0.25, -0.2) is 4.39 Å². The van der Waals surface area contributed by atoms with E-state index in [1.54, 1.807) is 11.0 Å². The molecule has 26 heavy (non-hydrogen) atoms. The monoisotopic (exact) mass is 385 g/mol. The molecule has 3 rings (SSSR count). The summed E-state index contributed by atoms with van der Waals surface area (Å²) in [7, 11) is 1.43. The van der Waals surface area contributed by atoms with E-state index in [2.05, 4.69) is 0 Å². The van der Waals surface area contributed by atoms with Crippen LogP contribution in [0.25, 0.3) is 0 Å². The van der Waals surface area contributed by atoms with Gasteiger partial charge < -0.3 is 20.3 Å². The first-order chi connectivity index (χ1) is 12.1. The number of ether oxygens (including phenoxy) is 1. The van der Waals surface area contributed by atoms with E-state index in [9.17, 15) is 14.0 Å². The van der Waals surface area contributed by atoms with Crippen molar-refractivity contribution >= 4 is 24.2 Å². The molecule has 0 unspecified atom stereocenters. The number of carbonyl (C=O) groups is 2. The van der Waals surface area contributed by atoms with Crippen LogP contribution in [-0.4, -0.2) is 60.9 Å². The van der Waals surface area contributed by atoms with Gasteiger partial charge in [0.25, 0.3) is 5.91 Å². The Kier molecular flexibility index (Phi) is 6.83. The van der Waals surface area contributed by atoms with Gasteiger partial charge in [-0.15, -0.1) is 12.4 Å². The van der Waals surface area contributed by atoms with Gasteiger partial charge in [-0.3, -0.25) is 9.59 Å². The third kappa shape index (κ3) is 3.78. The Morgan fingerprint density at radius 1 is 1.38 bits per heavy atom. The fraction of sp³-hybridized carbons (Fsp3) is 0.556. The van der Waals surface area contributed by atoms with Gasteiger partial charge in [0.15, 0.2) is 0 Å². The van der Waals surface area contributed by atoms with Gasteiger partial charge in [-0.2, -0.15) is 0 Å². The number of rotatable bonds is 4. The Labute approximate surface area is 158 Å². The number of likely N-dealkylation sites (tertiary alicyclic amines) is 2. The van der Waals surface area contributed by atoms with E-state index in [1.807, 2.05) is 4.90 Å². The van der Waals surface area contributed by atoms with Crippen LogP contribution < -0.4 is 10.5 Å². The average Bonchev–Trinajstić information content (AvgIpc) is 2.63. The van der Waals surface area contributed by atoms with Gasteiger partial charge in [0, 0.05) is 38.6 Å². The molecule has 2 atom stereocenters. The number of fused-ring (bicyclic) bond motifs is 1. The van der Waals surface area contributed by atoms with Gasteiger partial charge in [-0.1, -0.05) is 6.07 Å². The van der Waals surface area contributed by atoms with E-state index >= 15 is 0 Å². The predicted octanol–water partition coefficient (Wildman–Crippen LogP) is 1.67. The van der Waals surface area contributed by atoms with Crippen molar-refractivity contribution in [2.45, 2.75) is 25.3 Å². The zero-order valence-electron chi connectivity index (χ0n) is 14.8. The van der Waals surface area contributed by atoms with Crippen molar-refractivity contribution in [2.24, 2.45) is 11.7 Å². The molecule has 2 N–H and O–H groups in total. The van der Waals surface area contributed by atoms with Crippen molar-refractivity contribution in [2.75, 3.05) is 33.3 Å². The van der Waals surface area contributed by atoms with Crippen LogP contribution in [0.1, 0.15) is 29.6 Å². The lowest BCUT2D eigenvalue weighted by Crippen LogP contribution is -2.57. The lowest BCUT2D eigenvalue weighted by molar-refractivity contribution is -0.140. The fourth-order valence-electron chi connectivity index (χ4n) is 4.01. The summed E-state index contributed by atoms with van der Waals surface area (Å²) in [5, 5.41) is 0. The van der Waals surface area contributed by atoms with Crippen molar-refractivity contribution < 1.29 is 18.7 Å². The van der Waals surface area contributed by atoms with E-state index in [0.29, 0.717) is 39.0 Å². The highest BCUT2D eigenvalue weighted by Crippen LogP contribution is 2.33. The molecule has 0 aromatic heterocycles. The number of methoxy groups -OCH3 is 1. The summed E-state index contributed by atoms with van der Waals surface area (Å²) in [5.74, 6) is -0.330. The van der Waals surface area contributed by atoms with Gasteiger partial charge in [0.1, 0.15) is 17.1 Å². The Hall–Kier alpha value is -1.86. The SMILES string of the molecule is COc1cccc(F)c1C(=O)N1CC[C@@H]2[C@@H](CCC(=O)N2CCN)C1.Cl. The Bertz CT molecular complexity index is 673. The number of hydrogen-bond donors (Lipinski definition) is 1. The van der Waals surface area contributed by atoms with Gasteiger partial charge >= 0.3 is 0 Å². The maximum Gasteiger partial charge on any atom is 0.260 e. The molecule has 2 aliphatic heterocycles. The first-order valence-electron chi connectivity index (χ1n) is 8.68. The maximum atomic E-state index is 14.2. The quantitative estimate of drug-likeness (QED) is 0.855. The van der Waals surface area contributed by atoms with Gasteiger partial charge in [0.2, 0.25) is 5.91 Å². The van der Waals surface area contributed by atoms with Crippen LogP contribution in [-0.2, 0) is 4.79 Å². The van der Waals surface area contributed by atoms with Crippen LogP contribution >= 0.6 is 12.4 Å². The predicted molar refractivity (Wildman–Crippen MR) is 98.0 cm³/mol. The topological polar surface area (TPSA) is 75.9 Å². The molecular formula is C18H25ClFN3O3. The summed E-state index contributed by atoms with van der Waals surface area (Å²) in [6.07, 6.45) is 1.92. The second kappa shape index (κ2) is 8.68. The first kappa shape index (κ1) is 20.5. The van der Waals surface area contributed by atoms with Crippen LogP contribution in [0.5, 0.6) is 5.75 Å². The lowest BCUT2D eigenvalue weighted by atomic mass is 9.83. The Morgan fingerprint density at radius 2 is 2.15 bits per heavy atom. The summed E-state index contributed by atoms with van der Waals surface area (Å²) in [5.41, 5.74) is 5.61. The molecule has 2 saturated heterocycles. The molecule has 2 heterocycles. The van der Waals surface area contributed by atoms with Crippen LogP contribution in [0.2, 0.25) is 0 Å². The third-order valence-corrected chi connectivity index (χ3v) is 5.21. The summed E-state index contributed by atoms with van der Waals surface area (Å²) in [4.78, 5) is 28.5. The molecule has 8 heteroatoms. The van der Waals surface area contributed by atoms with Crippen LogP contribution in [0.15, 0.2) is 18.2 Å². The summed E-state index contributed by atoms with van der Waals surface area (Å²) < 4.78 is 19.3. The van der Waals surface area contributed by atoms with Gasteiger partial charge in [-0.05, 0) is 30.9 Å². The standard InChI is InChI=1S/C18H24FN3O3.ClH/c1-25-15-4-2-3-13(19)17(15)18(24)21-9-7-14-12(11-21)5-6-16(23)22(14)10-8-20;/h2-4,12,14H,5-11,20H2,1H3;1H/t12-,14+;/m0./s1. The van der Waals surface area contributed by atoms with E-state index < -0.39 is 5.82 Å². The van der Waals surface area contributed by atoms with Crippen molar-refractivity contribution in [3.63, 3.8) is 0 Å². The molecule has 0 saturated carbocycles. The third-order valence-electron chi connectivity index (χ3n) is 5.21. The normalized spacial score (nSPS) is 22.5. The van der Waals surface area contributed by atoms with E-state index in [4.69, 9.17) is 10.5 Å². The molecule has 2 aliphatic rings. The van der Waals surface area contributed by atoms with E-state index in [0.717, 1.165) is 6.42 Å². The van der Waals surface area contributed by atoms with Crippen LogP contribution in [0, 0.1) is 11.7 Å². The number of piperidine rings is 2. The molecule has 1 aromatic rings. The first-order valence-corrected chi connectivity index (χ1v) is 8.68. The number of carbonyl (C=O) groups excluding carboxylic acids is 2. The molecule has 0 spiro atoms. The van der Waals surface area contributed by atoms with Crippen molar-refractivity contribution in [1.82, 2.24) is 9.80 Å². The molecule has 6 nitrogen and oxygen atoms in total. The lowest BCUT2D eigenvalue weighted by Gasteiger charge is -2.47. The fourth-order valence-corrected chi connectivity index (χ4v) is 4.01. The summed E-state index contributed by atoms with van der Waals surface area (Å²) in [6.45, 7) is 2.00. The van der Waals surface area contributed by atoms with Crippen molar-refractivity contribution in [3.8, 4) is 5.75 Å². The number of halogens is 2.